The Hall–Kier alpha value is -2.30. The Kier molecular flexibility index (Phi) is 4.24. The van der Waals surface area contributed by atoms with Crippen LogP contribution in [-0.2, 0) is 19.5 Å². The summed E-state index contributed by atoms with van der Waals surface area (Å²) < 4.78 is 0. The summed E-state index contributed by atoms with van der Waals surface area (Å²) in [4.78, 5) is 15.9. The Morgan fingerprint density at radius 3 is 2.62 bits per heavy atom. The van der Waals surface area contributed by atoms with Crippen molar-refractivity contribution in [2.24, 2.45) is 0 Å². The lowest BCUT2D eigenvalue weighted by Gasteiger charge is -2.28. The van der Waals surface area contributed by atoms with Crippen LogP contribution in [-0.4, -0.2) is 26.4 Å². The highest BCUT2D eigenvalue weighted by atomic mass is 35.5. The van der Waals surface area contributed by atoms with Gasteiger partial charge in [-0.15, -0.1) is 0 Å². The van der Waals surface area contributed by atoms with Crippen molar-refractivity contribution in [1.82, 2.24) is 19.9 Å². The molecular formula is C19H17ClN4. The molecule has 0 aliphatic carbocycles. The van der Waals surface area contributed by atoms with Gasteiger partial charge in [0, 0.05) is 37.8 Å². The lowest BCUT2D eigenvalue weighted by Crippen LogP contribution is -2.31. The fourth-order valence-electron chi connectivity index (χ4n) is 3.02. The highest BCUT2D eigenvalue weighted by Gasteiger charge is 2.22. The van der Waals surface area contributed by atoms with Crippen LogP contribution in [0.15, 0.2) is 54.7 Å². The highest BCUT2D eigenvalue weighted by molar-refractivity contribution is 6.30. The van der Waals surface area contributed by atoms with Crippen molar-refractivity contribution in [3.05, 3.63) is 76.7 Å². The maximum absolute atomic E-state index is 6.46. The number of hydrogen-bond donors (Lipinski definition) is 0. The van der Waals surface area contributed by atoms with Gasteiger partial charge < -0.3 is 0 Å². The molecule has 3 heterocycles. The van der Waals surface area contributed by atoms with Gasteiger partial charge in [-0.1, -0.05) is 48.0 Å². The van der Waals surface area contributed by atoms with Crippen LogP contribution in [0, 0.1) is 0 Å². The zero-order valence-electron chi connectivity index (χ0n) is 13.2. The van der Waals surface area contributed by atoms with E-state index in [0.717, 1.165) is 43.0 Å². The lowest BCUT2D eigenvalue weighted by atomic mass is 10.1. The van der Waals surface area contributed by atoms with Crippen LogP contribution < -0.4 is 0 Å². The molecule has 4 rings (SSSR count). The van der Waals surface area contributed by atoms with Crippen LogP contribution in [0.5, 0.6) is 0 Å². The lowest BCUT2D eigenvalue weighted by molar-refractivity contribution is 0.243. The molecule has 1 aliphatic rings. The minimum Gasteiger partial charge on any atom is -0.294 e. The van der Waals surface area contributed by atoms with Crippen molar-refractivity contribution >= 4 is 11.6 Å². The quantitative estimate of drug-likeness (QED) is 0.683. The molecule has 0 radical (unpaired) electrons. The van der Waals surface area contributed by atoms with Crippen molar-refractivity contribution in [1.29, 1.82) is 0 Å². The van der Waals surface area contributed by atoms with Gasteiger partial charge in [0.05, 0.1) is 5.69 Å². The normalized spacial score (nSPS) is 14.4. The summed E-state index contributed by atoms with van der Waals surface area (Å²) >= 11 is 6.46. The van der Waals surface area contributed by atoms with E-state index in [9.17, 15) is 0 Å². The number of hydrogen-bond acceptors (Lipinski definition) is 4. The molecule has 1 aromatic carbocycles. The second kappa shape index (κ2) is 6.67. The van der Waals surface area contributed by atoms with Gasteiger partial charge in [-0.2, -0.15) is 0 Å². The SMILES string of the molecule is Clc1nc(-c2ccccn2)nc2c1CN(Cc1ccccc1)CC2. The summed E-state index contributed by atoms with van der Waals surface area (Å²) in [6.45, 7) is 2.67. The van der Waals surface area contributed by atoms with Crippen molar-refractivity contribution in [3.63, 3.8) is 0 Å². The van der Waals surface area contributed by atoms with Gasteiger partial charge in [0.2, 0.25) is 0 Å². The summed E-state index contributed by atoms with van der Waals surface area (Å²) in [5.41, 5.74) is 4.15. The molecule has 4 nitrogen and oxygen atoms in total. The van der Waals surface area contributed by atoms with Crippen molar-refractivity contribution in [2.45, 2.75) is 19.5 Å². The van der Waals surface area contributed by atoms with E-state index in [-0.39, 0.29) is 0 Å². The Morgan fingerprint density at radius 2 is 1.83 bits per heavy atom. The molecule has 0 saturated heterocycles. The van der Waals surface area contributed by atoms with Crippen LogP contribution in [0.3, 0.4) is 0 Å². The van der Waals surface area contributed by atoms with E-state index < -0.39 is 0 Å². The van der Waals surface area contributed by atoms with Gasteiger partial charge in [0.15, 0.2) is 5.82 Å². The zero-order valence-corrected chi connectivity index (χ0v) is 13.9. The number of halogens is 1. The largest absolute Gasteiger partial charge is 0.294 e. The standard InChI is InChI=1S/C19H17ClN4/c20-18-15-13-24(12-14-6-2-1-3-7-14)11-9-16(15)22-19(23-18)17-8-4-5-10-21-17/h1-8,10H,9,11-13H2. The molecule has 0 fully saturated rings. The van der Waals surface area contributed by atoms with E-state index in [4.69, 9.17) is 16.6 Å². The third-order valence-corrected chi connectivity index (χ3v) is 4.54. The minimum absolute atomic E-state index is 0.540. The van der Waals surface area contributed by atoms with Crippen LogP contribution in [0.4, 0.5) is 0 Å². The van der Waals surface area contributed by atoms with E-state index in [1.54, 1.807) is 6.20 Å². The fraction of sp³-hybridized carbons (Fsp3) is 0.211. The molecule has 24 heavy (non-hydrogen) atoms. The molecule has 0 atom stereocenters. The summed E-state index contributed by atoms with van der Waals surface area (Å²) in [7, 11) is 0. The Morgan fingerprint density at radius 1 is 1.00 bits per heavy atom. The number of benzene rings is 1. The highest BCUT2D eigenvalue weighted by Crippen LogP contribution is 2.27. The molecule has 5 heteroatoms. The zero-order chi connectivity index (χ0) is 16.4. The number of nitrogens with zero attached hydrogens (tertiary/aromatic N) is 4. The average molecular weight is 337 g/mol. The predicted molar refractivity (Wildman–Crippen MR) is 94.5 cm³/mol. The van der Waals surface area contributed by atoms with E-state index in [2.05, 4.69) is 39.1 Å². The molecule has 2 aromatic heterocycles. The first-order chi connectivity index (χ1) is 11.8. The molecular weight excluding hydrogens is 320 g/mol. The van der Waals surface area contributed by atoms with E-state index in [0.29, 0.717) is 11.0 Å². The summed E-state index contributed by atoms with van der Waals surface area (Å²) in [5, 5.41) is 0.540. The second-order valence-electron chi connectivity index (χ2n) is 5.92. The van der Waals surface area contributed by atoms with Crippen LogP contribution in [0.1, 0.15) is 16.8 Å². The summed E-state index contributed by atoms with van der Waals surface area (Å²) in [6.07, 6.45) is 2.62. The molecule has 0 unspecified atom stereocenters. The van der Waals surface area contributed by atoms with Crippen molar-refractivity contribution in [3.8, 4) is 11.5 Å². The molecule has 0 N–H and O–H groups in total. The topological polar surface area (TPSA) is 41.9 Å². The van der Waals surface area contributed by atoms with Crippen LogP contribution in [0.25, 0.3) is 11.5 Å². The van der Waals surface area contributed by atoms with Gasteiger partial charge in [-0.3, -0.25) is 9.88 Å². The number of pyridine rings is 1. The molecule has 0 saturated carbocycles. The van der Waals surface area contributed by atoms with Gasteiger partial charge in [-0.25, -0.2) is 9.97 Å². The van der Waals surface area contributed by atoms with Gasteiger partial charge in [-0.05, 0) is 17.7 Å². The number of rotatable bonds is 3. The predicted octanol–water partition coefficient (Wildman–Crippen LogP) is 3.75. The van der Waals surface area contributed by atoms with Gasteiger partial charge >= 0.3 is 0 Å². The third-order valence-electron chi connectivity index (χ3n) is 4.23. The van der Waals surface area contributed by atoms with Gasteiger partial charge in [0.1, 0.15) is 10.8 Å². The first-order valence-electron chi connectivity index (χ1n) is 8.02. The average Bonchev–Trinajstić information content (AvgIpc) is 2.64. The van der Waals surface area contributed by atoms with Crippen LogP contribution >= 0.6 is 11.6 Å². The monoisotopic (exact) mass is 336 g/mol. The van der Waals surface area contributed by atoms with Crippen molar-refractivity contribution < 1.29 is 0 Å². The fourth-order valence-corrected chi connectivity index (χ4v) is 3.26. The molecule has 0 amide bonds. The Bertz CT molecular complexity index is 837. The van der Waals surface area contributed by atoms with E-state index in [1.165, 1.54) is 5.56 Å². The number of aromatic nitrogens is 3. The molecule has 1 aliphatic heterocycles. The summed E-state index contributed by atoms with van der Waals surface area (Å²) in [6, 6.07) is 16.2. The Labute approximate surface area is 146 Å². The molecule has 0 spiro atoms. The number of fused-ring (bicyclic) bond motifs is 1. The second-order valence-corrected chi connectivity index (χ2v) is 6.28. The van der Waals surface area contributed by atoms with Gasteiger partial charge in [0.25, 0.3) is 0 Å². The van der Waals surface area contributed by atoms with E-state index >= 15 is 0 Å². The van der Waals surface area contributed by atoms with Crippen molar-refractivity contribution in [2.75, 3.05) is 6.54 Å². The van der Waals surface area contributed by atoms with E-state index in [1.807, 2.05) is 24.3 Å². The molecule has 120 valence electrons. The minimum atomic E-state index is 0.540. The molecule has 0 bridgehead atoms. The van der Waals surface area contributed by atoms with Crippen LogP contribution in [0.2, 0.25) is 5.15 Å². The third kappa shape index (κ3) is 3.16. The Balaban J connectivity index is 1.58. The maximum Gasteiger partial charge on any atom is 0.179 e. The summed E-state index contributed by atoms with van der Waals surface area (Å²) in [5.74, 6) is 0.607. The smallest absolute Gasteiger partial charge is 0.179 e. The maximum atomic E-state index is 6.46. The molecule has 3 aromatic rings. The first-order valence-corrected chi connectivity index (χ1v) is 8.40. The first kappa shape index (κ1) is 15.2.